The summed E-state index contributed by atoms with van der Waals surface area (Å²) in [6, 6.07) is 4.39. The summed E-state index contributed by atoms with van der Waals surface area (Å²) in [6.07, 6.45) is 0. The molecule has 0 saturated carbocycles. The van der Waals surface area contributed by atoms with Crippen molar-refractivity contribution in [2.24, 2.45) is 0 Å². The van der Waals surface area contributed by atoms with Gasteiger partial charge in [0.1, 0.15) is 0 Å². The van der Waals surface area contributed by atoms with Crippen LogP contribution in [0.1, 0.15) is 12.5 Å². The number of benzene rings is 1. The van der Waals surface area contributed by atoms with E-state index in [0.717, 1.165) is 0 Å². The van der Waals surface area contributed by atoms with Crippen LogP contribution < -0.4 is 10.6 Å². The zero-order valence-electron chi connectivity index (χ0n) is 9.09. The van der Waals surface area contributed by atoms with Crippen molar-refractivity contribution in [3.8, 4) is 5.75 Å². The molecule has 16 heavy (non-hydrogen) atoms. The topological polar surface area (TPSA) is 61.4 Å². The highest BCUT2D eigenvalue weighted by atomic mass is 19.1. The lowest BCUT2D eigenvalue weighted by atomic mass is 10.2. The van der Waals surface area contributed by atoms with Gasteiger partial charge >= 0.3 is 0 Å². The van der Waals surface area contributed by atoms with Gasteiger partial charge in [-0.15, -0.1) is 0 Å². The fourth-order valence-corrected chi connectivity index (χ4v) is 1.25. The summed E-state index contributed by atoms with van der Waals surface area (Å²) < 4.78 is 12.9. The van der Waals surface area contributed by atoms with Gasteiger partial charge in [0.25, 0.3) is 0 Å². The standard InChI is InChI=1S/C11H15FN2O2/c1-8(15)14-6-5-13-7-9-3-2-4-10(12)11(9)16/h2-4,13,16H,5-7H2,1H3,(H,14,15). The molecular formula is C11H15FN2O2. The normalized spacial score (nSPS) is 10.1. The highest BCUT2D eigenvalue weighted by Crippen LogP contribution is 2.19. The van der Waals surface area contributed by atoms with Crippen LogP contribution in [-0.2, 0) is 11.3 Å². The van der Waals surface area contributed by atoms with Gasteiger partial charge in [0, 0.05) is 32.1 Å². The van der Waals surface area contributed by atoms with Gasteiger partial charge in [-0.3, -0.25) is 4.79 Å². The van der Waals surface area contributed by atoms with Gasteiger partial charge in [-0.25, -0.2) is 4.39 Å². The van der Waals surface area contributed by atoms with Gasteiger partial charge in [-0.05, 0) is 6.07 Å². The molecule has 0 aliphatic heterocycles. The molecule has 4 nitrogen and oxygen atoms in total. The number of hydrogen-bond donors (Lipinski definition) is 3. The van der Waals surface area contributed by atoms with Crippen molar-refractivity contribution in [3.63, 3.8) is 0 Å². The van der Waals surface area contributed by atoms with E-state index in [2.05, 4.69) is 10.6 Å². The van der Waals surface area contributed by atoms with Crippen LogP contribution in [0.5, 0.6) is 5.75 Å². The number of rotatable bonds is 5. The summed E-state index contributed by atoms with van der Waals surface area (Å²) in [5.41, 5.74) is 0.503. The Kier molecular flexibility index (Phi) is 4.72. The Labute approximate surface area is 93.5 Å². The number of halogens is 1. The third-order valence-electron chi connectivity index (χ3n) is 2.06. The maximum absolute atomic E-state index is 12.9. The summed E-state index contributed by atoms with van der Waals surface area (Å²) in [6.45, 7) is 2.88. The molecule has 0 bridgehead atoms. The molecule has 1 aromatic carbocycles. The summed E-state index contributed by atoms with van der Waals surface area (Å²) >= 11 is 0. The number of phenolic OH excluding ortho intramolecular Hbond substituents is 1. The molecule has 1 rings (SSSR count). The smallest absolute Gasteiger partial charge is 0.216 e. The van der Waals surface area contributed by atoms with E-state index in [1.807, 2.05) is 0 Å². The van der Waals surface area contributed by atoms with Crippen LogP contribution in [0.4, 0.5) is 4.39 Å². The van der Waals surface area contributed by atoms with Crippen LogP contribution in [0.2, 0.25) is 0 Å². The fourth-order valence-electron chi connectivity index (χ4n) is 1.25. The lowest BCUT2D eigenvalue weighted by Crippen LogP contribution is -2.29. The van der Waals surface area contributed by atoms with E-state index in [0.29, 0.717) is 25.2 Å². The molecule has 0 radical (unpaired) electrons. The number of hydrogen-bond acceptors (Lipinski definition) is 3. The van der Waals surface area contributed by atoms with Crippen molar-refractivity contribution in [2.75, 3.05) is 13.1 Å². The van der Waals surface area contributed by atoms with Gasteiger partial charge < -0.3 is 15.7 Å². The van der Waals surface area contributed by atoms with Crippen molar-refractivity contribution < 1.29 is 14.3 Å². The average Bonchev–Trinajstić information content (AvgIpc) is 2.23. The average molecular weight is 226 g/mol. The Morgan fingerprint density at radius 1 is 1.44 bits per heavy atom. The maximum atomic E-state index is 12.9. The Balaban J connectivity index is 2.32. The Morgan fingerprint density at radius 2 is 2.19 bits per heavy atom. The first kappa shape index (κ1) is 12.4. The molecule has 0 aliphatic carbocycles. The van der Waals surface area contributed by atoms with E-state index >= 15 is 0 Å². The molecule has 3 N–H and O–H groups in total. The third-order valence-corrected chi connectivity index (χ3v) is 2.06. The first-order chi connectivity index (χ1) is 7.61. The van der Waals surface area contributed by atoms with E-state index in [9.17, 15) is 14.3 Å². The molecule has 1 amide bonds. The van der Waals surface area contributed by atoms with Crippen LogP contribution in [-0.4, -0.2) is 24.1 Å². The van der Waals surface area contributed by atoms with E-state index < -0.39 is 5.82 Å². The minimum atomic E-state index is -0.624. The van der Waals surface area contributed by atoms with E-state index in [4.69, 9.17) is 0 Å². The second-order valence-corrected chi connectivity index (χ2v) is 3.41. The molecule has 0 aliphatic rings. The van der Waals surface area contributed by atoms with Crippen LogP contribution >= 0.6 is 0 Å². The van der Waals surface area contributed by atoms with Crippen molar-refractivity contribution >= 4 is 5.91 Å². The number of aromatic hydroxyl groups is 1. The number of nitrogens with one attached hydrogen (secondary N) is 2. The minimum Gasteiger partial charge on any atom is -0.505 e. The predicted octanol–water partition coefficient (Wildman–Crippen LogP) is 0.757. The van der Waals surface area contributed by atoms with Crippen LogP contribution in [0.3, 0.4) is 0 Å². The third kappa shape index (κ3) is 3.86. The van der Waals surface area contributed by atoms with E-state index in [1.54, 1.807) is 12.1 Å². The highest BCUT2D eigenvalue weighted by molar-refractivity contribution is 5.72. The van der Waals surface area contributed by atoms with Gasteiger partial charge in [0.2, 0.25) is 5.91 Å². The lowest BCUT2D eigenvalue weighted by Gasteiger charge is -2.07. The second kappa shape index (κ2) is 6.07. The molecule has 5 heteroatoms. The maximum Gasteiger partial charge on any atom is 0.216 e. The molecule has 0 fully saturated rings. The number of carbonyl (C=O) groups is 1. The van der Waals surface area contributed by atoms with Crippen molar-refractivity contribution in [1.82, 2.24) is 10.6 Å². The Bertz CT molecular complexity index is 369. The fraction of sp³-hybridized carbons (Fsp3) is 0.364. The summed E-state index contributed by atoms with van der Waals surface area (Å²) in [4.78, 5) is 10.5. The predicted molar refractivity (Wildman–Crippen MR) is 58.5 cm³/mol. The van der Waals surface area contributed by atoms with Crippen molar-refractivity contribution in [1.29, 1.82) is 0 Å². The van der Waals surface area contributed by atoms with Crippen molar-refractivity contribution in [3.05, 3.63) is 29.6 Å². The van der Waals surface area contributed by atoms with Crippen molar-refractivity contribution in [2.45, 2.75) is 13.5 Å². The van der Waals surface area contributed by atoms with Crippen LogP contribution in [0.15, 0.2) is 18.2 Å². The molecule has 88 valence electrons. The molecule has 0 saturated heterocycles. The molecule has 0 aromatic heterocycles. The summed E-state index contributed by atoms with van der Waals surface area (Å²) in [7, 11) is 0. The Hall–Kier alpha value is -1.62. The summed E-state index contributed by atoms with van der Waals surface area (Å²) in [5.74, 6) is -1.04. The SMILES string of the molecule is CC(=O)NCCNCc1cccc(F)c1O. The zero-order chi connectivity index (χ0) is 12.0. The highest BCUT2D eigenvalue weighted by Gasteiger charge is 2.05. The first-order valence-electron chi connectivity index (χ1n) is 5.02. The number of phenols is 1. The molecule has 0 spiro atoms. The molecular weight excluding hydrogens is 211 g/mol. The lowest BCUT2D eigenvalue weighted by molar-refractivity contribution is -0.118. The summed E-state index contributed by atoms with van der Waals surface area (Å²) in [5, 5.41) is 15.0. The van der Waals surface area contributed by atoms with Crippen LogP contribution in [0, 0.1) is 5.82 Å². The van der Waals surface area contributed by atoms with E-state index in [1.165, 1.54) is 13.0 Å². The molecule has 0 atom stereocenters. The Morgan fingerprint density at radius 3 is 2.88 bits per heavy atom. The van der Waals surface area contributed by atoms with Gasteiger partial charge in [0.15, 0.2) is 11.6 Å². The first-order valence-corrected chi connectivity index (χ1v) is 5.02. The van der Waals surface area contributed by atoms with E-state index in [-0.39, 0.29) is 11.7 Å². The molecule has 0 unspecified atom stereocenters. The molecule has 1 aromatic rings. The largest absolute Gasteiger partial charge is 0.505 e. The zero-order valence-corrected chi connectivity index (χ0v) is 9.09. The van der Waals surface area contributed by atoms with Crippen LogP contribution in [0.25, 0.3) is 0 Å². The quantitative estimate of drug-likeness (QED) is 0.649. The van der Waals surface area contributed by atoms with Gasteiger partial charge in [-0.2, -0.15) is 0 Å². The van der Waals surface area contributed by atoms with Gasteiger partial charge in [0.05, 0.1) is 0 Å². The minimum absolute atomic E-state index is 0.0876. The second-order valence-electron chi connectivity index (χ2n) is 3.41. The molecule has 0 heterocycles. The monoisotopic (exact) mass is 226 g/mol. The van der Waals surface area contributed by atoms with Gasteiger partial charge in [-0.1, -0.05) is 12.1 Å². The number of amides is 1. The number of para-hydroxylation sites is 1. The number of carbonyl (C=O) groups excluding carboxylic acids is 1.